The Morgan fingerprint density at radius 3 is 2.95 bits per heavy atom. The van der Waals surface area contributed by atoms with Gasteiger partial charge < -0.3 is 10.6 Å². The van der Waals surface area contributed by atoms with E-state index in [1.165, 1.54) is 0 Å². The second-order valence-corrected chi connectivity index (χ2v) is 4.75. The largest absolute Gasteiger partial charge is 0.337 e. The lowest BCUT2D eigenvalue weighted by Gasteiger charge is -2.18. The van der Waals surface area contributed by atoms with Crippen LogP contribution < -0.4 is 5.73 Å². The van der Waals surface area contributed by atoms with Crippen LogP contribution in [0, 0.1) is 18.8 Å². The monoisotopic (exact) mass is 282 g/mol. The van der Waals surface area contributed by atoms with E-state index in [4.69, 9.17) is 5.73 Å². The van der Waals surface area contributed by atoms with Gasteiger partial charge in [0.15, 0.2) is 0 Å². The lowest BCUT2D eigenvalue weighted by Crippen LogP contribution is -2.26. The van der Waals surface area contributed by atoms with Gasteiger partial charge in [-0.3, -0.25) is 9.89 Å². The van der Waals surface area contributed by atoms with E-state index in [0.717, 1.165) is 16.7 Å². The molecule has 0 radical (unpaired) electrons. The summed E-state index contributed by atoms with van der Waals surface area (Å²) in [4.78, 5) is 14.2. The van der Waals surface area contributed by atoms with Gasteiger partial charge in [-0.1, -0.05) is 17.9 Å². The number of amides is 1. The topological polar surface area (TPSA) is 75.0 Å². The fraction of sp³-hybridized carbons (Fsp3) is 0.250. The molecule has 0 unspecified atom stereocenters. The minimum absolute atomic E-state index is 0.0369. The number of rotatable bonds is 3. The number of benzene rings is 1. The van der Waals surface area contributed by atoms with Crippen LogP contribution in [0.4, 0.5) is 0 Å². The molecule has 0 aliphatic carbocycles. The highest BCUT2D eigenvalue weighted by Crippen LogP contribution is 2.15. The summed E-state index contributed by atoms with van der Waals surface area (Å²) in [6.07, 6.45) is 3.49. The Morgan fingerprint density at radius 1 is 1.48 bits per heavy atom. The molecule has 3 N–H and O–H groups in total. The van der Waals surface area contributed by atoms with Gasteiger partial charge in [0.2, 0.25) is 0 Å². The van der Waals surface area contributed by atoms with Crippen LogP contribution in [0.2, 0.25) is 0 Å². The second-order valence-electron chi connectivity index (χ2n) is 4.75. The van der Waals surface area contributed by atoms with Crippen molar-refractivity contribution in [1.82, 2.24) is 15.1 Å². The van der Waals surface area contributed by atoms with Crippen molar-refractivity contribution in [3.63, 3.8) is 0 Å². The summed E-state index contributed by atoms with van der Waals surface area (Å²) in [5.74, 6) is 5.77. The van der Waals surface area contributed by atoms with Gasteiger partial charge in [0.1, 0.15) is 0 Å². The maximum atomic E-state index is 12.5. The average Bonchev–Trinajstić information content (AvgIpc) is 2.98. The molecule has 0 saturated heterocycles. The smallest absolute Gasteiger partial charge is 0.254 e. The maximum absolute atomic E-state index is 12.5. The summed E-state index contributed by atoms with van der Waals surface area (Å²) in [6, 6.07) is 5.55. The van der Waals surface area contributed by atoms with Crippen molar-refractivity contribution in [3.05, 3.63) is 52.8 Å². The molecule has 1 heterocycles. The minimum atomic E-state index is -0.0369. The Labute approximate surface area is 124 Å². The van der Waals surface area contributed by atoms with Crippen LogP contribution in [-0.2, 0) is 6.54 Å². The number of nitrogens with zero attached hydrogens (tertiary/aromatic N) is 2. The quantitative estimate of drug-likeness (QED) is 0.833. The summed E-state index contributed by atoms with van der Waals surface area (Å²) in [7, 11) is 1.77. The fourth-order valence-corrected chi connectivity index (χ4v) is 2.06. The van der Waals surface area contributed by atoms with Crippen molar-refractivity contribution in [2.75, 3.05) is 13.6 Å². The number of hydrogen-bond acceptors (Lipinski definition) is 3. The Hall–Kier alpha value is -2.58. The average molecular weight is 282 g/mol. The third kappa shape index (κ3) is 3.50. The van der Waals surface area contributed by atoms with Gasteiger partial charge in [0.25, 0.3) is 5.91 Å². The zero-order valence-corrected chi connectivity index (χ0v) is 12.2. The first kappa shape index (κ1) is 14.8. The van der Waals surface area contributed by atoms with Crippen LogP contribution in [0.5, 0.6) is 0 Å². The van der Waals surface area contributed by atoms with E-state index in [0.29, 0.717) is 18.7 Å². The van der Waals surface area contributed by atoms with Crippen LogP contribution in [0.1, 0.15) is 27.0 Å². The molecule has 2 aromatic rings. The molecule has 2 rings (SSSR count). The number of H-pyrrole nitrogens is 1. The molecule has 1 amide bonds. The van der Waals surface area contributed by atoms with Crippen molar-refractivity contribution in [3.8, 4) is 11.8 Å². The summed E-state index contributed by atoms with van der Waals surface area (Å²) >= 11 is 0. The highest BCUT2D eigenvalue weighted by atomic mass is 16.2. The van der Waals surface area contributed by atoms with Gasteiger partial charge in [-0.25, -0.2) is 0 Å². The van der Waals surface area contributed by atoms with E-state index >= 15 is 0 Å². The lowest BCUT2D eigenvalue weighted by molar-refractivity contribution is 0.0784. The third-order valence-corrected chi connectivity index (χ3v) is 3.21. The molecule has 0 bridgehead atoms. The minimum Gasteiger partial charge on any atom is -0.337 e. The zero-order valence-electron chi connectivity index (χ0n) is 12.2. The van der Waals surface area contributed by atoms with E-state index in [1.54, 1.807) is 24.3 Å². The second kappa shape index (κ2) is 6.73. The molecule has 0 saturated carbocycles. The van der Waals surface area contributed by atoms with E-state index in [1.807, 2.05) is 25.1 Å². The standard InChI is InChI=1S/C16H18N4O/c1-12-14(6-4-8-17)5-3-7-15(12)16(21)20(2)11-13-9-18-19-10-13/h3,5,7,9-10H,8,11,17H2,1-2H3,(H,18,19). The molecule has 21 heavy (non-hydrogen) atoms. The first-order valence-corrected chi connectivity index (χ1v) is 6.65. The Morgan fingerprint density at radius 2 is 2.29 bits per heavy atom. The number of carbonyl (C=O) groups excluding carboxylic acids is 1. The summed E-state index contributed by atoms with van der Waals surface area (Å²) < 4.78 is 0. The molecule has 5 nitrogen and oxygen atoms in total. The van der Waals surface area contributed by atoms with Gasteiger partial charge in [-0.05, 0) is 24.6 Å². The number of nitrogens with two attached hydrogens (primary N) is 1. The molecule has 1 aromatic carbocycles. The molecule has 108 valence electrons. The number of nitrogens with one attached hydrogen (secondary N) is 1. The predicted octanol–water partition coefficient (Wildman–Crippen LogP) is 1.30. The number of carbonyl (C=O) groups is 1. The molecule has 0 spiro atoms. The van der Waals surface area contributed by atoms with E-state index in [9.17, 15) is 4.79 Å². The maximum Gasteiger partial charge on any atom is 0.254 e. The van der Waals surface area contributed by atoms with Crippen molar-refractivity contribution in [2.45, 2.75) is 13.5 Å². The van der Waals surface area contributed by atoms with Crippen molar-refractivity contribution in [2.24, 2.45) is 5.73 Å². The van der Waals surface area contributed by atoms with Gasteiger partial charge in [-0.15, -0.1) is 0 Å². The normalized spacial score (nSPS) is 9.86. The highest BCUT2D eigenvalue weighted by Gasteiger charge is 2.15. The third-order valence-electron chi connectivity index (χ3n) is 3.21. The fourth-order valence-electron chi connectivity index (χ4n) is 2.06. The zero-order chi connectivity index (χ0) is 15.2. The molecule has 5 heteroatoms. The Kier molecular flexibility index (Phi) is 4.75. The number of hydrogen-bond donors (Lipinski definition) is 2. The molecular formula is C16H18N4O. The van der Waals surface area contributed by atoms with Crippen LogP contribution in [0.3, 0.4) is 0 Å². The van der Waals surface area contributed by atoms with Crippen LogP contribution >= 0.6 is 0 Å². The Balaban J connectivity index is 2.22. The summed E-state index contributed by atoms with van der Waals surface area (Å²) in [5, 5.41) is 6.62. The molecular weight excluding hydrogens is 264 g/mol. The van der Waals surface area contributed by atoms with Crippen LogP contribution in [-0.4, -0.2) is 34.6 Å². The van der Waals surface area contributed by atoms with E-state index in [2.05, 4.69) is 22.0 Å². The van der Waals surface area contributed by atoms with Crippen LogP contribution in [0.25, 0.3) is 0 Å². The first-order chi connectivity index (χ1) is 10.1. The highest BCUT2D eigenvalue weighted by molar-refractivity contribution is 5.96. The van der Waals surface area contributed by atoms with Crippen molar-refractivity contribution in [1.29, 1.82) is 0 Å². The van der Waals surface area contributed by atoms with Crippen LogP contribution in [0.15, 0.2) is 30.6 Å². The SMILES string of the molecule is Cc1c(C#CCN)cccc1C(=O)N(C)Cc1cn[nH]c1. The molecule has 1 aromatic heterocycles. The van der Waals surface area contributed by atoms with E-state index < -0.39 is 0 Å². The van der Waals surface area contributed by atoms with Crippen molar-refractivity contribution < 1.29 is 4.79 Å². The van der Waals surface area contributed by atoms with E-state index in [-0.39, 0.29) is 5.91 Å². The first-order valence-electron chi connectivity index (χ1n) is 6.65. The molecule has 0 fully saturated rings. The molecule has 0 atom stereocenters. The number of aromatic amines is 1. The van der Waals surface area contributed by atoms with Crippen molar-refractivity contribution >= 4 is 5.91 Å². The lowest BCUT2D eigenvalue weighted by atomic mass is 10.0. The summed E-state index contributed by atoms with van der Waals surface area (Å²) in [5.41, 5.74) is 8.72. The molecule has 0 aliphatic heterocycles. The molecule has 0 aliphatic rings. The Bertz CT molecular complexity index is 680. The van der Waals surface area contributed by atoms with Gasteiger partial charge in [-0.2, -0.15) is 5.10 Å². The van der Waals surface area contributed by atoms with Gasteiger partial charge >= 0.3 is 0 Å². The van der Waals surface area contributed by atoms with Gasteiger partial charge in [0.05, 0.1) is 12.7 Å². The van der Waals surface area contributed by atoms with Gasteiger partial charge in [0, 0.05) is 36.5 Å². The summed E-state index contributed by atoms with van der Waals surface area (Å²) in [6.45, 7) is 2.71. The predicted molar refractivity (Wildman–Crippen MR) is 81.5 cm³/mol. The number of aromatic nitrogens is 2.